The summed E-state index contributed by atoms with van der Waals surface area (Å²) in [7, 11) is -3.05. The van der Waals surface area contributed by atoms with Gasteiger partial charge in [0.25, 0.3) is 0 Å². The van der Waals surface area contributed by atoms with Crippen molar-refractivity contribution in [3.8, 4) is 0 Å². The van der Waals surface area contributed by atoms with Crippen LogP contribution in [0.1, 0.15) is 33.1 Å². The minimum absolute atomic E-state index is 0.176. The van der Waals surface area contributed by atoms with Crippen LogP contribution in [0.4, 0.5) is 0 Å². The van der Waals surface area contributed by atoms with E-state index in [1.807, 2.05) is 13.8 Å². The minimum atomic E-state index is -3.05. The molecule has 0 saturated carbocycles. The van der Waals surface area contributed by atoms with Gasteiger partial charge in [-0.3, -0.25) is 0 Å². The Hall–Kier alpha value is 0.200. The fourth-order valence-electron chi connectivity index (χ4n) is 1.12. The Morgan fingerprint density at radius 2 is 1.86 bits per heavy atom. The lowest BCUT2D eigenvalue weighted by molar-refractivity contribution is 0.563. The average molecular weight is 242 g/mol. The molecule has 0 aromatic rings. The predicted molar refractivity (Wildman–Crippen MR) is 61.2 cm³/mol. The fraction of sp³-hybridized carbons (Fsp3) is 1.00. The number of hydrogen-bond donors (Lipinski definition) is 1. The highest BCUT2D eigenvalue weighted by Gasteiger charge is 2.11. The molecule has 0 bridgehead atoms. The zero-order valence-corrected chi connectivity index (χ0v) is 10.5. The average Bonchev–Trinajstić information content (AvgIpc) is 2.01. The first-order chi connectivity index (χ1) is 6.48. The molecule has 0 aliphatic rings. The maximum Gasteiger partial charge on any atom is 0.211 e. The van der Waals surface area contributed by atoms with E-state index >= 15 is 0 Å². The van der Waals surface area contributed by atoms with Gasteiger partial charge in [-0.2, -0.15) is 0 Å². The molecule has 0 aliphatic heterocycles. The molecule has 5 heteroatoms. The number of alkyl halides is 1. The Bertz CT molecular complexity index is 227. The summed E-state index contributed by atoms with van der Waals surface area (Å²) in [5, 5.41) is 0. The van der Waals surface area contributed by atoms with Crippen LogP contribution < -0.4 is 4.72 Å². The Morgan fingerprint density at radius 1 is 1.21 bits per heavy atom. The highest BCUT2D eigenvalue weighted by atomic mass is 35.5. The zero-order chi connectivity index (χ0) is 11.0. The van der Waals surface area contributed by atoms with Crippen molar-refractivity contribution in [2.45, 2.75) is 33.1 Å². The maximum atomic E-state index is 11.3. The van der Waals surface area contributed by atoms with Crippen molar-refractivity contribution >= 4 is 21.6 Å². The Kier molecular flexibility index (Phi) is 7.59. The first-order valence-electron chi connectivity index (χ1n) is 5.01. The van der Waals surface area contributed by atoms with Crippen molar-refractivity contribution in [2.24, 2.45) is 5.92 Å². The van der Waals surface area contributed by atoms with Crippen LogP contribution in [0.5, 0.6) is 0 Å². The molecule has 14 heavy (non-hydrogen) atoms. The lowest BCUT2D eigenvalue weighted by Crippen LogP contribution is -2.29. The molecular weight excluding hydrogens is 222 g/mol. The quantitative estimate of drug-likeness (QED) is 0.522. The van der Waals surface area contributed by atoms with Crippen LogP contribution in [0.25, 0.3) is 0 Å². The second-order valence-corrected chi connectivity index (χ2v) is 6.05. The summed E-state index contributed by atoms with van der Waals surface area (Å²) in [4.78, 5) is 0. The molecule has 0 rings (SSSR count). The van der Waals surface area contributed by atoms with E-state index in [0.717, 1.165) is 19.3 Å². The molecule has 0 radical (unpaired) electrons. The molecule has 0 amide bonds. The summed E-state index contributed by atoms with van der Waals surface area (Å²) in [5.41, 5.74) is 0. The Morgan fingerprint density at radius 3 is 2.36 bits per heavy atom. The van der Waals surface area contributed by atoms with Crippen molar-refractivity contribution in [3.63, 3.8) is 0 Å². The molecule has 0 aromatic carbocycles. The predicted octanol–water partition coefficient (Wildman–Crippen LogP) is 1.97. The molecule has 0 unspecified atom stereocenters. The first kappa shape index (κ1) is 14.2. The van der Waals surface area contributed by atoms with E-state index in [1.165, 1.54) is 0 Å². The van der Waals surface area contributed by atoms with E-state index in [9.17, 15) is 8.42 Å². The van der Waals surface area contributed by atoms with Crippen LogP contribution in [0.3, 0.4) is 0 Å². The van der Waals surface area contributed by atoms with E-state index in [1.54, 1.807) is 0 Å². The molecule has 0 aliphatic carbocycles. The maximum absolute atomic E-state index is 11.3. The normalized spacial score (nSPS) is 12.3. The van der Waals surface area contributed by atoms with E-state index in [-0.39, 0.29) is 11.7 Å². The number of halogens is 1. The van der Waals surface area contributed by atoms with Crippen molar-refractivity contribution in [2.75, 3.05) is 18.2 Å². The molecule has 0 atom stereocenters. The van der Waals surface area contributed by atoms with Crippen LogP contribution in [-0.4, -0.2) is 26.6 Å². The van der Waals surface area contributed by atoms with Crippen molar-refractivity contribution in [1.82, 2.24) is 4.72 Å². The van der Waals surface area contributed by atoms with Gasteiger partial charge in [-0.1, -0.05) is 20.3 Å². The van der Waals surface area contributed by atoms with Gasteiger partial charge in [0.15, 0.2) is 0 Å². The van der Waals surface area contributed by atoms with Crippen LogP contribution >= 0.6 is 11.6 Å². The van der Waals surface area contributed by atoms with E-state index in [2.05, 4.69) is 4.72 Å². The molecular formula is C9H20ClNO2S. The minimum Gasteiger partial charge on any atom is -0.215 e. The molecule has 86 valence electrons. The third-order valence-corrected chi connectivity index (χ3v) is 3.70. The Balaban J connectivity index is 3.56. The molecule has 0 saturated heterocycles. The third-order valence-electron chi connectivity index (χ3n) is 1.69. The van der Waals surface area contributed by atoms with E-state index in [0.29, 0.717) is 12.4 Å². The molecule has 0 aromatic heterocycles. The van der Waals surface area contributed by atoms with Gasteiger partial charge in [-0.05, 0) is 18.8 Å². The fourth-order valence-corrected chi connectivity index (χ4v) is 2.76. The lowest BCUT2D eigenvalue weighted by Gasteiger charge is -2.08. The number of hydrogen-bond acceptors (Lipinski definition) is 2. The monoisotopic (exact) mass is 241 g/mol. The summed E-state index contributed by atoms with van der Waals surface area (Å²) < 4.78 is 25.3. The van der Waals surface area contributed by atoms with E-state index < -0.39 is 10.0 Å². The SMILES string of the molecule is CC(C)CS(=O)(=O)NCCCCCCl. The van der Waals surface area contributed by atoms with Crippen molar-refractivity contribution in [3.05, 3.63) is 0 Å². The molecule has 0 heterocycles. The number of rotatable bonds is 8. The lowest BCUT2D eigenvalue weighted by atomic mass is 10.2. The summed E-state index contributed by atoms with van der Waals surface area (Å²) in [5.74, 6) is 1.04. The van der Waals surface area contributed by atoms with Crippen LogP contribution in [-0.2, 0) is 10.0 Å². The number of nitrogens with one attached hydrogen (secondary N) is 1. The largest absolute Gasteiger partial charge is 0.215 e. The van der Waals surface area contributed by atoms with Gasteiger partial charge in [-0.25, -0.2) is 13.1 Å². The van der Waals surface area contributed by atoms with Gasteiger partial charge >= 0.3 is 0 Å². The van der Waals surface area contributed by atoms with Gasteiger partial charge in [0.2, 0.25) is 10.0 Å². The summed E-state index contributed by atoms with van der Waals surface area (Å²) in [6, 6.07) is 0. The van der Waals surface area contributed by atoms with Gasteiger partial charge < -0.3 is 0 Å². The van der Waals surface area contributed by atoms with E-state index in [4.69, 9.17) is 11.6 Å². The smallest absolute Gasteiger partial charge is 0.211 e. The van der Waals surface area contributed by atoms with Gasteiger partial charge in [0.05, 0.1) is 5.75 Å². The molecule has 0 fully saturated rings. The molecule has 3 nitrogen and oxygen atoms in total. The second kappa shape index (κ2) is 7.49. The first-order valence-corrected chi connectivity index (χ1v) is 7.20. The second-order valence-electron chi connectivity index (χ2n) is 3.82. The van der Waals surface area contributed by atoms with Crippen LogP contribution in [0.2, 0.25) is 0 Å². The standard InChI is InChI=1S/C9H20ClNO2S/c1-9(2)8-14(12,13)11-7-5-3-4-6-10/h9,11H,3-8H2,1-2H3. The third kappa shape index (κ3) is 8.78. The summed E-state index contributed by atoms with van der Waals surface area (Å²) in [6.45, 7) is 4.32. The Labute approximate surface area is 92.3 Å². The van der Waals surface area contributed by atoms with Gasteiger partial charge in [0, 0.05) is 12.4 Å². The summed E-state index contributed by atoms with van der Waals surface area (Å²) in [6.07, 6.45) is 2.80. The number of sulfonamides is 1. The topological polar surface area (TPSA) is 46.2 Å². The van der Waals surface area contributed by atoms with Gasteiger partial charge in [-0.15, -0.1) is 11.6 Å². The summed E-state index contributed by atoms with van der Waals surface area (Å²) >= 11 is 5.50. The highest BCUT2D eigenvalue weighted by molar-refractivity contribution is 7.89. The molecule has 0 spiro atoms. The highest BCUT2D eigenvalue weighted by Crippen LogP contribution is 1.99. The zero-order valence-electron chi connectivity index (χ0n) is 8.92. The van der Waals surface area contributed by atoms with Crippen LogP contribution in [0, 0.1) is 5.92 Å². The van der Waals surface area contributed by atoms with Gasteiger partial charge in [0.1, 0.15) is 0 Å². The number of unbranched alkanes of at least 4 members (excludes halogenated alkanes) is 2. The van der Waals surface area contributed by atoms with Crippen molar-refractivity contribution in [1.29, 1.82) is 0 Å². The van der Waals surface area contributed by atoms with Crippen molar-refractivity contribution < 1.29 is 8.42 Å². The molecule has 1 N–H and O–H groups in total. The van der Waals surface area contributed by atoms with Crippen LogP contribution in [0.15, 0.2) is 0 Å².